The molecule has 0 saturated carbocycles. The molecule has 0 atom stereocenters. The number of hydrogen-bond donors (Lipinski definition) is 0. The number of fused-ring (bicyclic) bond motifs is 4. The Morgan fingerprint density at radius 1 is 1.14 bits per heavy atom. The fourth-order valence-corrected chi connectivity index (χ4v) is 3.91. The third-order valence-electron chi connectivity index (χ3n) is 5.45. The molecule has 0 radical (unpaired) electrons. The van der Waals surface area contributed by atoms with E-state index in [0.717, 1.165) is 10.9 Å². The number of nitrogens with zero attached hydrogens (tertiary/aromatic N) is 1. The molecule has 4 rings (SSSR count). The Hall–Kier alpha value is -3.28. The van der Waals surface area contributed by atoms with Crippen molar-refractivity contribution in [2.45, 2.75) is 38.5 Å². The summed E-state index contributed by atoms with van der Waals surface area (Å²) in [4.78, 5) is 34.2. The predicted molar refractivity (Wildman–Crippen MR) is 108 cm³/mol. The number of rotatable bonds is 6. The lowest BCUT2D eigenvalue weighted by Crippen LogP contribution is -2.29. The highest BCUT2D eigenvalue weighted by atomic mass is 16.5. The number of benzene rings is 2. The molecule has 0 fully saturated rings. The zero-order valence-corrected chi connectivity index (χ0v) is 16.4. The first-order valence-electron chi connectivity index (χ1n) is 9.63. The van der Waals surface area contributed by atoms with Gasteiger partial charge in [0.05, 0.1) is 12.2 Å². The fourth-order valence-electron chi connectivity index (χ4n) is 3.91. The van der Waals surface area contributed by atoms with Gasteiger partial charge in [0.25, 0.3) is 5.91 Å². The first-order valence-corrected chi connectivity index (χ1v) is 9.63. The van der Waals surface area contributed by atoms with Crippen molar-refractivity contribution in [3.05, 3.63) is 69.8 Å². The van der Waals surface area contributed by atoms with E-state index in [0.29, 0.717) is 47.7 Å². The Labute approximate surface area is 167 Å². The first kappa shape index (κ1) is 19.1. The van der Waals surface area contributed by atoms with Crippen LogP contribution in [0.15, 0.2) is 52.1 Å². The molecule has 0 bridgehead atoms. The van der Waals surface area contributed by atoms with Crippen LogP contribution < -0.4 is 4.74 Å². The second-order valence-electron chi connectivity index (χ2n) is 7.75. The van der Waals surface area contributed by atoms with Gasteiger partial charge in [-0.2, -0.15) is 0 Å². The summed E-state index contributed by atoms with van der Waals surface area (Å²) < 4.78 is 11.9. The van der Waals surface area contributed by atoms with Gasteiger partial charge in [-0.25, -0.2) is 0 Å². The Morgan fingerprint density at radius 2 is 1.93 bits per heavy atom. The second kappa shape index (κ2) is 7.28. The second-order valence-corrected chi connectivity index (χ2v) is 7.75. The van der Waals surface area contributed by atoms with E-state index in [1.807, 2.05) is 44.2 Å². The van der Waals surface area contributed by atoms with Crippen molar-refractivity contribution in [3.8, 4) is 5.75 Å². The van der Waals surface area contributed by atoms with Crippen molar-refractivity contribution in [2.24, 2.45) is 5.18 Å². The lowest BCUT2D eigenvalue weighted by atomic mass is 9.72. The first-order chi connectivity index (χ1) is 13.9. The van der Waals surface area contributed by atoms with Crippen LogP contribution in [0.4, 0.5) is 0 Å². The highest BCUT2D eigenvalue weighted by molar-refractivity contribution is 6.19. The van der Waals surface area contributed by atoms with Crippen LogP contribution >= 0.6 is 0 Å². The molecule has 0 N–H and O–H groups in total. The lowest BCUT2D eigenvalue weighted by Gasteiger charge is -2.30. The number of para-hydroxylation sites is 1. The molecule has 1 heterocycles. The number of nitroso groups, excluding NO2 is 1. The highest BCUT2D eigenvalue weighted by Crippen LogP contribution is 2.46. The van der Waals surface area contributed by atoms with Gasteiger partial charge in [0.15, 0.2) is 5.78 Å². The van der Waals surface area contributed by atoms with Gasteiger partial charge in [-0.1, -0.05) is 18.2 Å². The van der Waals surface area contributed by atoms with E-state index in [4.69, 9.17) is 9.15 Å². The van der Waals surface area contributed by atoms with Gasteiger partial charge in [0.2, 0.25) is 0 Å². The zero-order valence-electron chi connectivity index (χ0n) is 16.4. The SMILES string of the molecule is CC1(C)c2cc(OCCCCC(=O)N=O)ccc2C(=O)c2c1oc1ccccc21. The largest absolute Gasteiger partial charge is 0.494 e. The molecule has 0 aliphatic heterocycles. The number of ether oxygens (including phenoxy) is 1. The molecule has 6 heteroatoms. The van der Waals surface area contributed by atoms with E-state index in [2.05, 4.69) is 5.18 Å². The van der Waals surface area contributed by atoms with E-state index in [1.54, 1.807) is 12.1 Å². The maximum Gasteiger partial charge on any atom is 0.286 e. The van der Waals surface area contributed by atoms with Gasteiger partial charge in [0.1, 0.15) is 17.1 Å². The molecular weight excluding hydrogens is 370 g/mol. The average molecular weight is 391 g/mol. The number of carbonyl (C=O) groups excluding carboxylic acids is 2. The van der Waals surface area contributed by atoms with Gasteiger partial charge < -0.3 is 9.15 Å². The number of amides is 1. The van der Waals surface area contributed by atoms with Crippen molar-refractivity contribution in [1.29, 1.82) is 0 Å². The van der Waals surface area contributed by atoms with E-state index in [-0.39, 0.29) is 12.2 Å². The molecule has 3 aromatic rings. The Kier molecular flexibility index (Phi) is 4.78. The van der Waals surface area contributed by atoms with E-state index in [9.17, 15) is 14.5 Å². The standard InChI is InChI=1S/C23H21NO5/c1-23(2)17-13-14(28-12-6-5-9-19(25)24-27)10-11-15(17)21(26)20-16-7-3-4-8-18(16)29-22(20)23/h3-4,7-8,10-11,13H,5-6,9,12H2,1-2H3. The molecule has 2 aromatic carbocycles. The lowest BCUT2D eigenvalue weighted by molar-refractivity contribution is -0.118. The van der Waals surface area contributed by atoms with Crippen LogP contribution in [0.1, 0.15) is 60.4 Å². The molecule has 29 heavy (non-hydrogen) atoms. The number of ketones is 1. The maximum atomic E-state index is 13.2. The van der Waals surface area contributed by atoms with E-state index in [1.165, 1.54) is 0 Å². The minimum Gasteiger partial charge on any atom is -0.494 e. The molecule has 0 saturated heterocycles. The van der Waals surface area contributed by atoms with E-state index < -0.39 is 11.3 Å². The van der Waals surface area contributed by atoms with Crippen LogP contribution in [0, 0.1) is 4.91 Å². The van der Waals surface area contributed by atoms with Crippen LogP contribution in [-0.4, -0.2) is 18.3 Å². The third-order valence-corrected chi connectivity index (χ3v) is 5.45. The summed E-state index contributed by atoms with van der Waals surface area (Å²) in [6.07, 6.45) is 1.31. The van der Waals surface area contributed by atoms with Crippen molar-refractivity contribution in [3.63, 3.8) is 0 Å². The van der Waals surface area contributed by atoms with Crippen molar-refractivity contribution in [1.82, 2.24) is 0 Å². The summed E-state index contributed by atoms with van der Waals surface area (Å²) in [5, 5.41) is 3.22. The van der Waals surface area contributed by atoms with Gasteiger partial charge in [0, 0.05) is 28.0 Å². The summed E-state index contributed by atoms with van der Waals surface area (Å²) in [5.74, 6) is 0.656. The van der Waals surface area contributed by atoms with Gasteiger partial charge in [-0.05, 0) is 56.5 Å². The van der Waals surface area contributed by atoms with Crippen LogP contribution in [-0.2, 0) is 10.2 Å². The molecule has 1 aliphatic rings. The summed E-state index contributed by atoms with van der Waals surface area (Å²) >= 11 is 0. The molecule has 0 unspecified atom stereocenters. The van der Waals surface area contributed by atoms with Crippen LogP contribution in [0.2, 0.25) is 0 Å². The number of furan rings is 1. The monoisotopic (exact) mass is 391 g/mol. The van der Waals surface area contributed by atoms with Crippen LogP contribution in [0.3, 0.4) is 0 Å². The quantitative estimate of drug-likeness (QED) is 0.429. The normalized spacial score (nSPS) is 14.3. The van der Waals surface area contributed by atoms with Gasteiger partial charge >= 0.3 is 0 Å². The van der Waals surface area contributed by atoms with Crippen LogP contribution in [0.5, 0.6) is 5.75 Å². The molecule has 1 aromatic heterocycles. The summed E-state index contributed by atoms with van der Waals surface area (Å²) in [7, 11) is 0. The Balaban J connectivity index is 1.59. The molecule has 148 valence electrons. The van der Waals surface area contributed by atoms with Crippen LogP contribution in [0.25, 0.3) is 11.0 Å². The number of unbranched alkanes of at least 4 members (excludes halogenated alkanes) is 1. The molecule has 6 nitrogen and oxygen atoms in total. The molecule has 0 spiro atoms. The Bertz CT molecular complexity index is 1130. The fraction of sp³-hybridized carbons (Fsp3) is 0.304. The van der Waals surface area contributed by atoms with Crippen molar-refractivity contribution < 1.29 is 18.7 Å². The highest BCUT2D eigenvalue weighted by Gasteiger charge is 2.41. The minimum absolute atomic E-state index is 0.0364. The minimum atomic E-state index is -0.638. The summed E-state index contributed by atoms with van der Waals surface area (Å²) in [5.41, 5.74) is 2.39. The van der Waals surface area contributed by atoms with Gasteiger partial charge in [-0.3, -0.25) is 9.59 Å². The number of carbonyl (C=O) groups is 2. The van der Waals surface area contributed by atoms with E-state index >= 15 is 0 Å². The molecule has 1 aliphatic carbocycles. The average Bonchev–Trinajstić information content (AvgIpc) is 3.13. The predicted octanol–water partition coefficient (Wildman–Crippen LogP) is 5.15. The topological polar surface area (TPSA) is 85.9 Å². The molecular formula is C23H21NO5. The summed E-state index contributed by atoms with van der Waals surface area (Å²) in [6, 6.07) is 13.1. The third kappa shape index (κ3) is 3.24. The Morgan fingerprint density at radius 3 is 2.72 bits per heavy atom. The molecule has 1 amide bonds. The summed E-state index contributed by atoms with van der Waals surface area (Å²) in [6.45, 7) is 4.50. The maximum absolute atomic E-state index is 13.2. The zero-order chi connectivity index (χ0) is 20.6. The van der Waals surface area contributed by atoms with Crippen molar-refractivity contribution >= 4 is 22.7 Å². The van der Waals surface area contributed by atoms with Crippen molar-refractivity contribution in [2.75, 3.05) is 6.61 Å². The smallest absolute Gasteiger partial charge is 0.286 e. The number of hydrogen-bond acceptors (Lipinski definition) is 5. The van der Waals surface area contributed by atoms with Gasteiger partial charge in [-0.15, -0.1) is 4.91 Å².